The van der Waals surface area contributed by atoms with Crippen molar-refractivity contribution in [2.24, 2.45) is 0 Å². The van der Waals surface area contributed by atoms with E-state index in [4.69, 9.17) is 0 Å². The highest BCUT2D eigenvalue weighted by Gasteiger charge is 3.00. The van der Waals surface area contributed by atoms with Gasteiger partial charge < -0.3 is 9.47 Å². The molecular formula is C6H6F6O2. The van der Waals surface area contributed by atoms with Gasteiger partial charge in [0.25, 0.3) is 0 Å². The average molecular weight is 224 g/mol. The Morgan fingerprint density at radius 2 is 0.857 bits per heavy atom. The summed E-state index contributed by atoms with van der Waals surface area (Å²) in [6.07, 6.45) is 0. The molecule has 1 fully saturated rings. The van der Waals surface area contributed by atoms with Crippen LogP contribution in [0, 0.1) is 0 Å². The molecule has 2 atom stereocenters. The average Bonchev–Trinajstić information content (AvgIpc) is 2.13. The van der Waals surface area contributed by atoms with Crippen molar-refractivity contribution in [1.82, 2.24) is 0 Å². The molecule has 0 radical (unpaired) electrons. The molecule has 1 aliphatic rings. The van der Waals surface area contributed by atoms with E-state index in [0.717, 1.165) is 0 Å². The van der Waals surface area contributed by atoms with Crippen LogP contribution in [0.5, 0.6) is 0 Å². The third kappa shape index (κ3) is 0.736. The largest absolute Gasteiger partial charge is 0.379 e. The first-order valence-corrected chi connectivity index (χ1v) is 3.36. The molecule has 0 aromatic rings. The van der Waals surface area contributed by atoms with Crippen molar-refractivity contribution in [2.75, 3.05) is 14.2 Å². The minimum Gasteiger partial charge on any atom is -0.340 e. The number of halogens is 6. The molecule has 0 aromatic carbocycles. The first-order valence-electron chi connectivity index (χ1n) is 3.36. The summed E-state index contributed by atoms with van der Waals surface area (Å²) in [7, 11) is 0.687. The molecule has 1 saturated carbocycles. The number of ether oxygens (including phenoxy) is 2. The number of alkyl halides is 6. The fourth-order valence-electron chi connectivity index (χ4n) is 1.26. The molecule has 0 amide bonds. The molecule has 14 heavy (non-hydrogen) atoms. The third-order valence-electron chi connectivity index (χ3n) is 2.18. The van der Waals surface area contributed by atoms with E-state index in [1.54, 1.807) is 0 Å². The molecule has 2 unspecified atom stereocenters. The Kier molecular flexibility index (Phi) is 2.10. The highest BCUT2D eigenvalue weighted by molar-refractivity contribution is 5.23. The van der Waals surface area contributed by atoms with Crippen LogP contribution in [0.2, 0.25) is 0 Å². The Hall–Kier alpha value is -0.500. The van der Waals surface area contributed by atoms with Gasteiger partial charge in [0.2, 0.25) is 0 Å². The highest BCUT2D eigenvalue weighted by Crippen LogP contribution is 2.68. The Bertz CT molecular complexity index is 231. The Labute approximate surface area is 74.8 Å². The van der Waals surface area contributed by atoms with E-state index in [9.17, 15) is 26.3 Å². The van der Waals surface area contributed by atoms with E-state index in [1.165, 1.54) is 0 Å². The van der Waals surface area contributed by atoms with Crippen LogP contribution in [-0.4, -0.2) is 37.8 Å². The second-order valence-corrected chi connectivity index (χ2v) is 2.75. The van der Waals surface area contributed by atoms with Crippen LogP contribution in [0.3, 0.4) is 0 Å². The topological polar surface area (TPSA) is 18.5 Å². The number of hydrogen-bond donors (Lipinski definition) is 0. The van der Waals surface area contributed by atoms with E-state index in [-0.39, 0.29) is 0 Å². The first kappa shape index (κ1) is 11.6. The van der Waals surface area contributed by atoms with Gasteiger partial charge in [-0.25, -0.2) is 0 Å². The summed E-state index contributed by atoms with van der Waals surface area (Å²) < 4.78 is 82.8. The predicted molar refractivity (Wildman–Crippen MR) is 31.6 cm³/mol. The fraction of sp³-hybridized carbons (Fsp3) is 1.00. The lowest BCUT2D eigenvalue weighted by atomic mass is 9.76. The number of hydrogen-bond acceptors (Lipinski definition) is 2. The van der Waals surface area contributed by atoms with Crippen molar-refractivity contribution in [1.29, 1.82) is 0 Å². The van der Waals surface area contributed by atoms with E-state index >= 15 is 0 Å². The van der Waals surface area contributed by atoms with Gasteiger partial charge in [-0.15, -0.1) is 0 Å². The van der Waals surface area contributed by atoms with Gasteiger partial charge in [-0.1, -0.05) is 0 Å². The second-order valence-electron chi connectivity index (χ2n) is 2.75. The summed E-state index contributed by atoms with van der Waals surface area (Å²) in [6.45, 7) is 0. The summed E-state index contributed by atoms with van der Waals surface area (Å²) in [5.74, 6) is -19.5. The minimum absolute atomic E-state index is 0.344. The molecule has 0 heterocycles. The molecule has 1 rings (SSSR count). The SMILES string of the molecule is COC1(F)C(F)(F)C(F)(F)C1(F)OC. The highest BCUT2D eigenvalue weighted by atomic mass is 19.3. The van der Waals surface area contributed by atoms with Crippen LogP contribution >= 0.6 is 0 Å². The van der Waals surface area contributed by atoms with Crippen LogP contribution in [0.25, 0.3) is 0 Å². The fourth-order valence-corrected chi connectivity index (χ4v) is 1.26. The Morgan fingerprint density at radius 3 is 1.00 bits per heavy atom. The predicted octanol–water partition coefficient (Wildman–Crippen LogP) is 1.90. The third-order valence-corrected chi connectivity index (χ3v) is 2.18. The van der Waals surface area contributed by atoms with E-state index in [2.05, 4.69) is 9.47 Å². The van der Waals surface area contributed by atoms with Gasteiger partial charge in [0, 0.05) is 14.2 Å². The molecule has 0 bridgehead atoms. The van der Waals surface area contributed by atoms with Crippen LogP contribution in [0.15, 0.2) is 0 Å². The maximum Gasteiger partial charge on any atom is 0.379 e. The van der Waals surface area contributed by atoms with Crippen molar-refractivity contribution in [3.8, 4) is 0 Å². The Morgan fingerprint density at radius 1 is 0.643 bits per heavy atom. The lowest BCUT2D eigenvalue weighted by molar-refractivity contribution is -0.549. The van der Waals surface area contributed by atoms with Gasteiger partial charge in [0.05, 0.1) is 0 Å². The first-order chi connectivity index (χ1) is 6.12. The summed E-state index contributed by atoms with van der Waals surface area (Å²) in [5, 5.41) is 0. The quantitative estimate of drug-likeness (QED) is 0.667. The molecule has 0 aromatic heterocycles. The molecule has 0 aliphatic heterocycles. The van der Waals surface area contributed by atoms with E-state index in [0.29, 0.717) is 14.2 Å². The summed E-state index contributed by atoms with van der Waals surface area (Å²) in [6, 6.07) is 0. The zero-order chi connectivity index (χ0) is 11.4. The molecule has 8 heteroatoms. The molecule has 2 nitrogen and oxygen atoms in total. The van der Waals surface area contributed by atoms with Gasteiger partial charge in [0.1, 0.15) is 0 Å². The van der Waals surface area contributed by atoms with Gasteiger partial charge in [-0.3, -0.25) is 0 Å². The smallest absolute Gasteiger partial charge is 0.340 e. The number of rotatable bonds is 2. The molecule has 0 spiro atoms. The maximum absolute atomic E-state index is 13.0. The van der Waals surface area contributed by atoms with Crippen LogP contribution in [0.1, 0.15) is 0 Å². The zero-order valence-electron chi connectivity index (χ0n) is 7.08. The second kappa shape index (κ2) is 2.54. The van der Waals surface area contributed by atoms with Gasteiger partial charge >= 0.3 is 23.6 Å². The van der Waals surface area contributed by atoms with Crippen molar-refractivity contribution in [2.45, 2.75) is 23.6 Å². The van der Waals surface area contributed by atoms with Crippen LogP contribution in [0.4, 0.5) is 26.3 Å². The van der Waals surface area contributed by atoms with Crippen LogP contribution in [-0.2, 0) is 9.47 Å². The normalized spacial score (nSPS) is 44.6. The summed E-state index contributed by atoms with van der Waals surface area (Å²) in [5.41, 5.74) is 0. The van der Waals surface area contributed by atoms with Crippen molar-refractivity contribution < 1.29 is 35.8 Å². The molecule has 0 saturated heterocycles. The monoisotopic (exact) mass is 224 g/mol. The summed E-state index contributed by atoms with van der Waals surface area (Å²) in [4.78, 5) is 0. The molecular weight excluding hydrogens is 218 g/mol. The lowest BCUT2D eigenvalue weighted by Crippen LogP contribution is -2.87. The van der Waals surface area contributed by atoms with Gasteiger partial charge in [-0.2, -0.15) is 26.3 Å². The number of methoxy groups -OCH3 is 2. The van der Waals surface area contributed by atoms with E-state index < -0.39 is 23.6 Å². The van der Waals surface area contributed by atoms with Crippen molar-refractivity contribution in [3.05, 3.63) is 0 Å². The van der Waals surface area contributed by atoms with Crippen LogP contribution < -0.4 is 0 Å². The van der Waals surface area contributed by atoms with Gasteiger partial charge in [-0.05, 0) is 0 Å². The van der Waals surface area contributed by atoms with Gasteiger partial charge in [0.15, 0.2) is 0 Å². The lowest BCUT2D eigenvalue weighted by Gasteiger charge is -2.55. The standard InChI is InChI=1S/C6H6F6O2/c1-13-5(11)3(7,8)4(9,10)6(5,12)14-2/h1-2H3. The Balaban J connectivity index is 3.22. The molecule has 1 aliphatic carbocycles. The minimum atomic E-state index is -5.26. The summed E-state index contributed by atoms with van der Waals surface area (Å²) >= 11 is 0. The molecule has 84 valence electrons. The zero-order valence-corrected chi connectivity index (χ0v) is 7.08. The van der Waals surface area contributed by atoms with Crippen molar-refractivity contribution >= 4 is 0 Å². The molecule has 0 N–H and O–H groups in total. The van der Waals surface area contributed by atoms with E-state index in [1.807, 2.05) is 0 Å². The maximum atomic E-state index is 13.0. The van der Waals surface area contributed by atoms with Crippen molar-refractivity contribution in [3.63, 3.8) is 0 Å².